The molecule has 0 unspecified atom stereocenters. The highest BCUT2D eigenvalue weighted by Gasteiger charge is 2.23. The first-order valence-electron chi connectivity index (χ1n) is 7.60. The van der Waals surface area contributed by atoms with Gasteiger partial charge in [-0.25, -0.2) is 4.98 Å². The lowest BCUT2D eigenvalue weighted by Crippen LogP contribution is -2.40. The van der Waals surface area contributed by atoms with Gasteiger partial charge in [0.2, 0.25) is 0 Å². The molecule has 21 heavy (non-hydrogen) atoms. The largest absolute Gasteiger partial charge is 0.355 e. The number of hydrogen-bond donors (Lipinski definition) is 1. The maximum atomic E-state index is 12.3. The molecule has 2 saturated heterocycles. The average molecular weight is 309 g/mol. The third-order valence-electron chi connectivity index (χ3n) is 4.30. The van der Waals surface area contributed by atoms with Crippen molar-refractivity contribution in [3.8, 4) is 0 Å². The number of amides is 1. The summed E-state index contributed by atoms with van der Waals surface area (Å²) in [4.78, 5) is 20.8. The molecule has 2 aliphatic rings. The van der Waals surface area contributed by atoms with Crippen LogP contribution in [0.4, 0.5) is 5.82 Å². The number of likely N-dealkylation sites (tertiary alicyclic amines) is 1. The molecule has 0 aromatic carbocycles. The van der Waals surface area contributed by atoms with E-state index >= 15 is 0 Å². The SMILES string of the molecule is NC1CCN(c2ncc(C(=O)N3CCCC3)cc2Cl)CC1. The molecule has 0 saturated carbocycles. The molecular formula is C15H21ClN4O. The number of rotatable bonds is 2. The van der Waals surface area contributed by atoms with Crippen LogP contribution in [0.25, 0.3) is 0 Å². The number of piperidine rings is 1. The van der Waals surface area contributed by atoms with Gasteiger partial charge in [0.25, 0.3) is 5.91 Å². The first kappa shape index (κ1) is 14.6. The van der Waals surface area contributed by atoms with E-state index in [9.17, 15) is 4.79 Å². The van der Waals surface area contributed by atoms with Gasteiger partial charge in [-0.15, -0.1) is 0 Å². The van der Waals surface area contributed by atoms with Gasteiger partial charge in [-0.3, -0.25) is 4.79 Å². The molecule has 0 aliphatic carbocycles. The highest BCUT2D eigenvalue weighted by molar-refractivity contribution is 6.33. The fourth-order valence-electron chi connectivity index (χ4n) is 2.99. The maximum absolute atomic E-state index is 12.3. The number of aromatic nitrogens is 1. The number of carbonyl (C=O) groups is 1. The van der Waals surface area contributed by atoms with E-state index in [2.05, 4.69) is 9.88 Å². The second-order valence-corrected chi connectivity index (χ2v) is 6.26. The van der Waals surface area contributed by atoms with E-state index in [0.717, 1.165) is 57.7 Å². The van der Waals surface area contributed by atoms with Crippen molar-refractivity contribution in [3.63, 3.8) is 0 Å². The van der Waals surface area contributed by atoms with Gasteiger partial charge >= 0.3 is 0 Å². The van der Waals surface area contributed by atoms with Gasteiger partial charge in [-0.1, -0.05) is 11.6 Å². The van der Waals surface area contributed by atoms with E-state index in [4.69, 9.17) is 17.3 Å². The van der Waals surface area contributed by atoms with Crippen molar-refractivity contribution < 1.29 is 4.79 Å². The quantitative estimate of drug-likeness (QED) is 0.906. The topological polar surface area (TPSA) is 62.5 Å². The van der Waals surface area contributed by atoms with Crippen molar-refractivity contribution in [2.45, 2.75) is 31.7 Å². The molecule has 1 aromatic heterocycles. The number of carbonyl (C=O) groups excluding carboxylic acids is 1. The second kappa shape index (κ2) is 6.20. The predicted octanol–water partition coefficient (Wildman–Crippen LogP) is 1.90. The number of anilines is 1. The first-order chi connectivity index (χ1) is 10.1. The van der Waals surface area contributed by atoms with Gasteiger partial charge in [0.15, 0.2) is 0 Å². The fraction of sp³-hybridized carbons (Fsp3) is 0.600. The lowest BCUT2D eigenvalue weighted by atomic mass is 10.1. The molecule has 114 valence electrons. The van der Waals surface area contributed by atoms with Gasteiger partial charge in [-0.05, 0) is 31.7 Å². The minimum absolute atomic E-state index is 0.0362. The van der Waals surface area contributed by atoms with E-state index < -0.39 is 0 Å². The Morgan fingerprint density at radius 1 is 1.24 bits per heavy atom. The van der Waals surface area contributed by atoms with Crippen LogP contribution in [0, 0.1) is 0 Å². The number of hydrogen-bond acceptors (Lipinski definition) is 4. The normalized spacial score (nSPS) is 20.1. The maximum Gasteiger partial charge on any atom is 0.255 e. The summed E-state index contributed by atoms with van der Waals surface area (Å²) in [7, 11) is 0. The minimum atomic E-state index is 0.0362. The molecule has 3 rings (SSSR count). The zero-order valence-corrected chi connectivity index (χ0v) is 12.9. The summed E-state index contributed by atoms with van der Waals surface area (Å²) in [6.45, 7) is 3.41. The van der Waals surface area contributed by atoms with Crippen molar-refractivity contribution in [1.82, 2.24) is 9.88 Å². The molecule has 2 N–H and O–H groups in total. The molecular weight excluding hydrogens is 288 g/mol. The summed E-state index contributed by atoms with van der Waals surface area (Å²) >= 11 is 6.34. The molecule has 0 spiro atoms. The summed E-state index contributed by atoms with van der Waals surface area (Å²) in [5, 5.41) is 0.551. The van der Waals surface area contributed by atoms with Crippen LogP contribution in [-0.4, -0.2) is 48.0 Å². The van der Waals surface area contributed by atoms with Crippen molar-refractivity contribution in [1.29, 1.82) is 0 Å². The van der Waals surface area contributed by atoms with Crippen LogP contribution in [0.5, 0.6) is 0 Å². The van der Waals surface area contributed by atoms with Crippen LogP contribution >= 0.6 is 11.6 Å². The van der Waals surface area contributed by atoms with Crippen molar-refractivity contribution in [2.24, 2.45) is 5.73 Å². The summed E-state index contributed by atoms with van der Waals surface area (Å²) < 4.78 is 0. The zero-order valence-electron chi connectivity index (χ0n) is 12.1. The lowest BCUT2D eigenvalue weighted by molar-refractivity contribution is 0.0792. The molecule has 2 fully saturated rings. The number of pyridine rings is 1. The van der Waals surface area contributed by atoms with Crippen molar-refractivity contribution >= 4 is 23.3 Å². The van der Waals surface area contributed by atoms with E-state index in [1.807, 2.05) is 4.90 Å². The van der Waals surface area contributed by atoms with Crippen molar-refractivity contribution in [3.05, 3.63) is 22.8 Å². The number of nitrogens with zero attached hydrogens (tertiary/aromatic N) is 3. The van der Waals surface area contributed by atoms with Crippen LogP contribution < -0.4 is 10.6 Å². The highest BCUT2D eigenvalue weighted by atomic mass is 35.5. The fourth-order valence-corrected chi connectivity index (χ4v) is 3.28. The summed E-state index contributed by atoms with van der Waals surface area (Å²) in [6.07, 6.45) is 5.72. The molecule has 0 bridgehead atoms. The number of nitrogens with two attached hydrogens (primary N) is 1. The molecule has 6 heteroatoms. The summed E-state index contributed by atoms with van der Waals surface area (Å²) in [6, 6.07) is 2.02. The molecule has 0 radical (unpaired) electrons. The molecule has 2 aliphatic heterocycles. The summed E-state index contributed by atoms with van der Waals surface area (Å²) in [5.74, 6) is 0.802. The van der Waals surface area contributed by atoms with Crippen LogP contribution in [0.1, 0.15) is 36.0 Å². The van der Waals surface area contributed by atoms with Gasteiger partial charge in [0, 0.05) is 38.4 Å². The standard InChI is InChI=1S/C15H21ClN4O/c16-13-9-11(15(21)20-5-1-2-6-20)10-18-14(13)19-7-3-12(17)4-8-19/h9-10,12H,1-8,17H2. The van der Waals surface area contributed by atoms with Gasteiger partial charge in [-0.2, -0.15) is 0 Å². The van der Waals surface area contributed by atoms with Crippen LogP contribution in [0.3, 0.4) is 0 Å². The Labute approximate surface area is 130 Å². The van der Waals surface area contributed by atoms with E-state index in [1.165, 1.54) is 0 Å². The second-order valence-electron chi connectivity index (χ2n) is 5.85. The van der Waals surface area contributed by atoms with Crippen LogP contribution in [0.2, 0.25) is 5.02 Å². The highest BCUT2D eigenvalue weighted by Crippen LogP contribution is 2.27. The Morgan fingerprint density at radius 2 is 1.90 bits per heavy atom. The first-order valence-corrected chi connectivity index (χ1v) is 7.98. The Kier molecular flexibility index (Phi) is 4.31. The molecule has 3 heterocycles. The monoisotopic (exact) mass is 308 g/mol. The molecule has 1 amide bonds. The van der Waals surface area contributed by atoms with E-state index in [0.29, 0.717) is 10.6 Å². The Morgan fingerprint density at radius 3 is 2.52 bits per heavy atom. The van der Waals surface area contributed by atoms with Gasteiger partial charge in [0.05, 0.1) is 10.6 Å². The number of halogens is 1. The third-order valence-corrected chi connectivity index (χ3v) is 4.58. The van der Waals surface area contributed by atoms with E-state index in [1.54, 1.807) is 12.3 Å². The average Bonchev–Trinajstić information content (AvgIpc) is 3.02. The Balaban J connectivity index is 1.74. The zero-order chi connectivity index (χ0) is 14.8. The van der Waals surface area contributed by atoms with Crippen molar-refractivity contribution in [2.75, 3.05) is 31.1 Å². The smallest absolute Gasteiger partial charge is 0.255 e. The lowest BCUT2D eigenvalue weighted by Gasteiger charge is -2.31. The van der Waals surface area contributed by atoms with E-state index in [-0.39, 0.29) is 11.9 Å². The van der Waals surface area contributed by atoms with Gasteiger partial charge in [0.1, 0.15) is 5.82 Å². The minimum Gasteiger partial charge on any atom is -0.355 e. The van der Waals surface area contributed by atoms with Crippen LogP contribution in [-0.2, 0) is 0 Å². The van der Waals surface area contributed by atoms with Crippen LogP contribution in [0.15, 0.2) is 12.3 Å². The summed E-state index contributed by atoms with van der Waals surface area (Å²) in [5.41, 5.74) is 6.50. The Hall–Kier alpha value is -1.33. The molecule has 1 aromatic rings. The molecule has 5 nitrogen and oxygen atoms in total. The third kappa shape index (κ3) is 3.14. The molecule has 0 atom stereocenters. The predicted molar refractivity (Wildman–Crippen MR) is 83.8 cm³/mol. The van der Waals surface area contributed by atoms with Gasteiger partial charge < -0.3 is 15.5 Å². The Bertz CT molecular complexity index is 522.